The Balaban J connectivity index is 1.65. The summed E-state index contributed by atoms with van der Waals surface area (Å²) in [6, 6.07) is 15.9. The number of nitriles is 1. The summed E-state index contributed by atoms with van der Waals surface area (Å²) in [6.45, 7) is 2.60. The third kappa shape index (κ3) is 8.05. The summed E-state index contributed by atoms with van der Waals surface area (Å²) in [6.07, 6.45) is 1.18. The predicted octanol–water partition coefficient (Wildman–Crippen LogP) is 6.31. The Bertz CT molecular complexity index is 1230. The molecule has 0 bridgehead atoms. The highest BCUT2D eigenvalue weighted by atomic mass is 79.9. The number of benzene rings is 2. The van der Waals surface area contributed by atoms with Gasteiger partial charge >= 0.3 is 5.97 Å². The summed E-state index contributed by atoms with van der Waals surface area (Å²) < 4.78 is 31.7. The zero-order chi connectivity index (χ0) is 25.2. The van der Waals surface area contributed by atoms with Crippen molar-refractivity contribution < 1.29 is 23.4 Å². The van der Waals surface area contributed by atoms with Crippen molar-refractivity contribution in [1.29, 1.82) is 5.26 Å². The van der Waals surface area contributed by atoms with Crippen molar-refractivity contribution in [2.45, 2.75) is 32.8 Å². The monoisotopic (exact) mass is 604 g/mol. The fourth-order valence-corrected chi connectivity index (χ4v) is 4.00. The van der Waals surface area contributed by atoms with Crippen LogP contribution in [0.25, 0.3) is 0 Å². The van der Waals surface area contributed by atoms with Gasteiger partial charge in [0.2, 0.25) is 5.88 Å². The molecule has 2 aromatic carbocycles. The Labute approximate surface area is 220 Å². The quantitative estimate of drug-likeness (QED) is 0.145. The first kappa shape index (κ1) is 26.6. The van der Waals surface area contributed by atoms with Gasteiger partial charge in [-0.2, -0.15) is 5.26 Å². The molecule has 6 nitrogen and oxygen atoms in total. The van der Waals surface area contributed by atoms with E-state index in [1.54, 1.807) is 19.1 Å². The number of aryl methyl sites for hydroxylation is 1. The van der Waals surface area contributed by atoms with Gasteiger partial charge in [-0.05, 0) is 93.1 Å². The first-order valence-electron chi connectivity index (χ1n) is 10.9. The first-order valence-corrected chi connectivity index (χ1v) is 12.5. The number of hydrogen-bond donors (Lipinski definition) is 0. The van der Waals surface area contributed by atoms with E-state index in [0.717, 1.165) is 11.1 Å². The van der Waals surface area contributed by atoms with Crippen molar-refractivity contribution in [3.8, 4) is 17.7 Å². The van der Waals surface area contributed by atoms with Gasteiger partial charge in [0.05, 0.1) is 35.7 Å². The molecule has 0 atom stereocenters. The van der Waals surface area contributed by atoms with E-state index in [4.69, 9.17) is 14.2 Å². The molecular weight excluding hydrogens is 583 g/mol. The Hall–Kier alpha value is -2.96. The van der Waals surface area contributed by atoms with E-state index in [9.17, 15) is 14.4 Å². The molecule has 0 unspecified atom stereocenters. The molecule has 1 aromatic heterocycles. The van der Waals surface area contributed by atoms with Crippen LogP contribution in [0.3, 0.4) is 0 Å². The third-order valence-corrected chi connectivity index (χ3v) is 6.04. The van der Waals surface area contributed by atoms with Crippen LogP contribution in [0.4, 0.5) is 4.39 Å². The number of carbonyl (C=O) groups excluding carboxylic acids is 1. The summed E-state index contributed by atoms with van der Waals surface area (Å²) in [5, 5.41) is 9.31. The highest BCUT2D eigenvalue weighted by Crippen LogP contribution is 2.28. The maximum absolute atomic E-state index is 14.0. The van der Waals surface area contributed by atoms with Crippen LogP contribution in [0.15, 0.2) is 57.6 Å². The molecule has 35 heavy (non-hydrogen) atoms. The Kier molecular flexibility index (Phi) is 10.1. The molecule has 1 heterocycles. The number of hydrogen-bond acceptors (Lipinski definition) is 6. The molecule has 3 rings (SSSR count). The van der Waals surface area contributed by atoms with Gasteiger partial charge in [0, 0.05) is 11.6 Å². The molecule has 182 valence electrons. The van der Waals surface area contributed by atoms with Crippen LogP contribution >= 0.6 is 31.9 Å². The molecule has 0 saturated heterocycles. The number of esters is 1. The minimum atomic E-state index is -0.477. The molecule has 0 aliphatic rings. The van der Waals surface area contributed by atoms with Crippen molar-refractivity contribution >= 4 is 37.8 Å². The van der Waals surface area contributed by atoms with Crippen LogP contribution in [-0.2, 0) is 29.0 Å². The summed E-state index contributed by atoms with van der Waals surface area (Å²) in [5.41, 5.74) is 2.89. The van der Waals surface area contributed by atoms with E-state index in [-0.39, 0.29) is 17.5 Å². The van der Waals surface area contributed by atoms with Crippen molar-refractivity contribution in [3.05, 3.63) is 85.7 Å². The molecule has 0 radical (unpaired) electrons. The molecule has 3 aromatic rings. The molecule has 0 fully saturated rings. The molecule has 9 heteroatoms. The van der Waals surface area contributed by atoms with E-state index in [2.05, 4.69) is 42.9 Å². The average molecular weight is 606 g/mol. The Morgan fingerprint density at radius 1 is 1.09 bits per heavy atom. The molecule has 0 amide bonds. The second-order valence-electron chi connectivity index (χ2n) is 7.49. The normalized spacial score (nSPS) is 10.5. The number of nitrogens with zero attached hydrogens (tertiary/aromatic N) is 2. The van der Waals surface area contributed by atoms with Gasteiger partial charge in [-0.1, -0.05) is 12.1 Å². The SMILES string of the molecule is CCOC(=O)Cc1cc(F)c(Br)cc1OCCCc1cc(C#N)ccc1COc1cccc(Br)n1. The van der Waals surface area contributed by atoms with Gasteiger partial charge in [-0.15, -0.1) is 0 Å². The molecule has 0 N–H and O–H groups in total. The summed E-state index contributed by atoms with van der Waals surface area (Å²) in [7, 11) is 0. The van der Waals surface area contributed by atoms with Crippen LogP contribution in [0.2, 0.25) is 0 Å². The van der Waals surface area contributed by atoms with Gasteiger partial charge in [-0.25, -0.2) is 9.37 Å². The maximum atomic E-state index is 14.0. The fourth-order valence-electron chi connectivity index (χ4n) is 3.35. The lowest BCUT2D eigenvalue weighted by molar-refractivity contribution is -0.142. The zero-order valence-corrected chi connectivity index (χ0v) is 22.2. The second kappa shape index (κ2) is 13.2. The second-order valence-corrected chi connectivity index (χ2v) is 9.16. The average Bonchev–Trinajstić information content (AvgIpc) is 2.83. The van der Waals surface area contributed by atoms with Gasteiger partial charge in [0.25, 0.3) is 0 Å². The van der Waals surface area contributed by atoms with Gasteiger partial charge in [0.15, 0.2) is 0 Å². The lowest BCUT2D eigenvalue weighted by Gasteiger charge is -2.14. The van der Waals surface area contributed by atoms with Gasteiger partial charge < -0.3 is 14.2 Å². The summed E-state index contributed by atoms with van der Waals surface area (Å²) in [4.78, 5) is 16.2. The number of ether oxygens (including phenoxy) is 3. The number of aromatic nitrogens is 1. The fraction of sp³-hybridized carbons (Fsp3) is 0.269. The minimum absolute atomic E-state index is 0.0806. The van der Waals surface area contributed by atoms with Crippen molar-refractivity contribution in [3.63, 3.8) is 0 Å². The standard InChI is InChI=1S/C26H23Br2FN2O4/c1-2-33-26(32)13-20-12-22(29)21(27)14-23(20)34-10-4-5-18-11-17(15-30)8-9-19(18)16-35-25-7-3-6-24(28)31-25/h3,6-9,11-12,14H,2,4-5,10,13,16H2,1H3. The van der Waals surface area contributed by atoms with E-state index in [0.29, 0.717) is 53.4 Å². The Morgan fingerprint density at radius 2 is 1.91 bits per heavy atom. The van der Waals surface area contributed by atoms with Gasteiger partial charge in [-0.3, -0.25) is 4.79 Å². The van der Waals surface area contributed by atoms with Crippen LogP contribution in [0.5, 0.6) is 11.6 Å². The van der Waals surface area contributed by atoms with Crippen LogP contribution in [0.1, 0.15) is 35.6 Å². The maximum Gasteiger partial charge on any atom is 0.310 e. The van der Waals surface area contributed by atoms with Crippen LogP contribution in [0, 0.1) is 17.1 Å². The third-order valence-electron chi connectivity index (χ3n) is 4.99. The molecular formula is C26H23Br2FN2O4. The number of halogens is 3. The minimum Gasteiger partial charge on any atom is -0.493 e. The first-order chi connectivity index (χ1) is 16.9. The zero-order valence-electron chi connectivity index (χ0n) is 19.0. The van der Waals surface area contributed by atoms with Crippen LogP contribution in [-0.4, -0.2) is 24.2 Å². The number of rotatable bonds is 11. The smallest absolute Gasteiger partial charge is 0.310 e. The Morgan fingerprint density at radius 3 is 2.66 bits per heavy atom. The van der Waals surface area contributed by atoms with Crippen molar-refractivity contribution in [1.82, 2.24) is 4.98 Å². The topological polar surface area (TPSA) is 81.4 Å². The predicted molar refractivity (Wildman–Crippen MR) is 136 cm³/mol. The van der Waals surface area contributed by atoms with Gasteiger partial charge in [0.1, 0.15) is 22.8 Å². The lowest BCUT2D eigenvalue weighted by atomic mass is 10.0. The summed E-state index contributed by atoms with van der Waals surface area (Å²) >= 11 is 6.49. The highest BCUT2D eigenvalue weighted by molar-refractivity contribution is 9.10. The largest absolute Gasteiger partial charge is 0.493 e. The van der Waals surface area contributed by atoms with Crippen molar-refractivity contribution in [2.75, 3.05) is 13.2 Å². The molecule has 0 spiro atoms. The molecule has 0 aliphatic carbocycles. The molecule has 0 aliphatic heterocycles. The number of pyridine rings is 1. The van der Waals surface area contributed by atoms with E-state index in [1.807, 2.05) is 24.3 Å². The number of carbonyl (C=O) groups is 1. The van der Waals surface area contributed by atoms with E-state index in [1.165, 1.54) is 12.1 Å². The van der Waals surface area contributed by atoms with E-state index < -0.39 is 11.8 Å². The van der Waals surface area contributed by atoms with E-state index >= 15 is 0 Å². The van der Waals surface area contributed by atoms with Crippen LogP contribution < -0.4 is 9.47 Å². The van der Waals surface area contributed by atoms with Crippen molar-refractivity contribution in [2.24, 2.45) is 0 Å². The lowest BCUT2D eigenvalue weighted by Crippen LogP contribution is -2.10. The summed E-state index contributed by atoms with van der Waals surface area (Å²) in [5.74, 6) is -0.0121. The highest BCUT2D eigenvalue weighted by Gasteiger charge is 2.14. The molecule has 0 saturated carbocycles.